The summed E-state index contributed by atoms with van der Waals surface area (Å²) >= 11 is 4.92. The number of nitriles is 1. The molecule has 0 unspecified atom stereocenters. The number of sulfone groups is 1. The first-order valence-corrected chi connectivity index (χ1v) is 10.6. The molecule has 0 saturated heterocycles. The van der Waals surface area contributed by atoms with Gasteiger partial charge in [0.25, 0.3) is 5.56 Å². The quantitative estimate of drug-likeness (QED) is 0.594. The molecule has 11 heteroatoms. The molecule has 0 spiro atoms. The van der Waals surface area contributed by atoms with E-state index in [0.29, 0.717) is 11.3 Å². The molecule has 2 rings (SSSR count). The number of carbonyl (C=O) groups excluding carboxylic acids is 1. The van der Waals surface area contributed by atoms with Gasteiger partial charge in [-0.1, -0.05) is 12.1 Å². The van der Waals surface area contributed by atoms with Crippen LogP contribution in [-0.4, -0.2) is 49.9 Å². The Hall–Kier alpha value is -3.23. The second-order valence-electron chi connectivity index (χ2n) is 5.92. The van der Waals surface area contributed by atoms with Crippen molar-refractivity contribution < 1.29 is 22.7 Å². The largest absolute Gasteiger partial charge is 0.493 e. The van der Waals surface area contributed by atoms with Crippen molar-refractivity contribution in [2.75, 3.05) is 25.7 Å². The molecule has 0 saturated carbocycles. The summed E-state index contributed by atoms with van der Waals surface area (Å²) in [5, 5.41) is 9.17. The Morgan fingerprint density at radius 1 is 1.31 bits per heavy atom. The number of Topliss-reactive ketones (excluding diaryl/α,β-unsaturated/α-hetero) is 1. The van der Waals surface area contributed by atoms with E-state index in [9.17, 15) is 23.3 Å². The van der Waals surface area contributed by atoms with Gasteiger partial charge in [0.1, 0.15) is 24.0 Å². The molecule has 0 aliphatic rings. The number of hydrogen-bond donors (Lipinski definition) is 2. The van der Waals surface area contributed by atoms with Crippen molar-refractivity contribution in [3.63, 3.8) is 0 Å². The molecule has 2 aromatic rings. The van der Waals surface area contributed by atoms with E-state index in [4.69, 9.17) is 21.7 Å². The number of benzene rings is 1. The van der Waals surface area contributed by atoms with Gasteiger partial charge in [-0.25, -0.2) is 8.42 Å². The number of hydrogen-bond acceptors (Lipinski definition) is 8. The molecular formula is C18H17N3O6S2. The standard InChI is InChI=1S/C18H17N3O6S2/c1-26-15-5-3-4-11(16(15)27-9-12(22)10-29(2,24)25)6-7-14-13(8-19)17(23)21-18(28)20-14/h3-7H,9-10H2,1-2H3,(H2,20,21,23,28)/b7-6+. The molecule has 9 nitrogen and oxygen atoms in total. The first kappa shape index (κ1) is 22.1. The number of aromatic amines is 2. The van der Waals surface area contributed by atoms with Gasteiger partial charge in [0, 0.05) is 11.8 Å². The maximum Gasteiger partial charge on any atom is 0.270 e. The maximum atomic E-state index is 11.8. The second kappa shape index (κ2) is 9.31. The molecule has 1 aromatic carbocycles. The molecule has 0 aliphatic heterocycles. The van der Waals surface area contributed by atoms with Crippen LogP contribution in [0.4, 0.5) is 0 Å². The smallest absolute Gasteiger partial charge is 0.270 e. The normalized spacial score (nSPS) is 11.2. The SMILES string of the molecule is COc1cccc(/C=C/c2[nH]c(=S)[nH]c(=O)c2C#N)c1OCC(=O)CS(C)(=O)=O. The predicted octanol–water partition coefficient (Wildman–Crippen LogP) is 1.48. The van der Waals surface area contributed by atoms with Crippen molar-refractivity contribution >= 4 is 40.0 Å². The molecule has 2 N–H and O–H groups in total. The first-order valence-electron chi connectivity index (χ1n) is 8.08. The lowest BCUT2D eigenvalue weighted by molar-refractivity contribution is -0.118. The minimum absolute atomic E-state index is 0.0575. The highest BCUT2D eigenvalue weighted by Gasteiger charge is 2.15. The van der Waals surface area contributed by atoms with Gasteiger partial charge in [0.05, 0.1) is 12.8 Å². The molecule has 1 heterocycles. The first-order chi connectivity index (χ1) is 13.6. The van der Waals surface area contributed by atoms with Crippen LogP contribution in [0.5, 0.6) is 11.5 Å². The molecule has 0 fully saturated rings. The van der Waals surface area contributed by atoms with Crippen LogP contribution in [0.25, 0.3) is 12.2 Å². The highest BCUT2D eigenvalue weighted by molar-refractivity contribution is 7.91. The van der Waals surface area contributed by atoms with E-state index in [1.165, 1.54) is 13.2 Å². The molecule has 0 amide bonds. The maximum absolute atomic E-state index is 11.8. The van der Waals surface area contributed by atoms with Crippen LogP contribution in [0.15, 0.2) is 23.0 Å². The molecule has 0 aliphatic carbocycles. The van der Waals surface area contributed by atoms with Gasteiger partial charge in [-0.15, -0.1) is 0 Å². The summed E-state index contributed by atoms with van der Waals surface area (Å²) in [7, 11) is -2.06. The van der Waals surface area contributed by atoms with Crippen molar-refractivity contribution in [2.24, 2.45) is 0 Å². The Morgan fingerprint density at radius 2 is 2.03 bits per heavy atom. The number of nitrogens with zero attached hydrogens (tertiary/aromatic N) is 1. The molecule has 29 heavy (non-hydrogen) atoms. The Kier molecular flexibility index (Phi) is 7.08. The number of H-pyrrole nitrogens is 2. The lowest BCUT2D eigenvalue weighted by atomic mass is 10.1. The number of nitrogens with one attached hydrogen (secondary N) is 2. The van der Waals surface area contributed by atoms with E-state index in [2.05, 4.69) is 9.97 Å². The van der Waals surface area contributed by atoms with Gasteiger partial charge in [-0.3, -0.25) is 14.6 Å². The monoisotopic (exact) mass is 435 g/mol. The summed E-state index contributed by atoms with van der Waals surface area (Å²) < 4.78 is 33.3. The number of para-hydroxylation sites is 1. The number of rotatable bonds is 8. The Bertz CT molecular complexity index is 1220. The fraction of sp³-hybridized carbons (Fsp3) is 0.222. The second-order valence-corrected chi connectivity index (χ2v) is 8.47. The van der Waals surface area contributed by atoms with E-state index in [1.54, 1.807) is 30.3 Å². The summed E-state index contributed by atoms with van der Waals surface area (Å²) in [6.45, 7) is -0.467. The van der Waals surface area contributed by atoms with E-state index < -0.39 is 33.5 Å². The van der Waals surface area contributed by atoms with Gasteiger partial charge in [-0.05, 0) is 30.4 Å². The molecule has 152 valence electrons. The van der Waals surface area contributed by atoms with Crippen molar-refractivity contribution in [3.05, 3.63) is 50.1 Å². The number of methoxy groups -OCH3 is 1. The lowest BCUT2D eigenvalue weighted by Crippen LogP contribution is -2.21. The van der Waals surface area contributed by atoms with Crippen LogP contribution in [0.1, 0.15) is 16.8 Å². The van der Waals surface area contributed by atoms with Crippen molar-refractivity contribution in [3.8, 4) is 17.6 Å². The topological polar surface area (TPSA) is 142 Å². The van der Waals surface area contributed by atoms with Crippen molar-refractivity contribution in [1.29, 1.82) is 5.26 Å². The van der Waals surface area contributed by atoms with Crippen LogP contribution in [-0.2, 0) is 14.6 Å². The van der Waals surface area contributed by atoms with Gasteiger partial charge in [-0.2, -0.15) is 5.26 Å². The molecule has 0 radical (unpaired) electrons. The Balaban J connectivity index is 2.39. The van der Waals surface area contributed by atoms with E-state index in [0.717, 1.165) is 6.26 Å². The zero-order valence-electron chi connectivity index (χ0n) is 15.5. The fourth-order valence-electron chi connectivity index (χ4n) is 2.38. The lowest BCUT2D eigenvalue weighted by Gasteiger charge is -2.13. The van der Waals surface area contributed by atoms with Crippen LogP contribution in [0, 0.1) is 16.1 Å². The number of ether oxygens (including phenoxy) is 2. The molecule has 0 bridgehead atoms. The zero-order chi connectivity index (χ0) is 21.6. The van der Waals surface area contributed by atoms with Crippen LogP contribution >= 0.6 is 12.2 Å². The summed E-state index contributed by atoms with van der Waals surface area (Å²) in [6, 6.07) is 6.73. The minimum atomic E-state index is -3.47. The summed E-state index contributed by atoms with van der Waals surface area (Å²) in [6.07, 6.45) is 3.96. The van der Waals surface area contributed by atoms with E-state index >= 15 is 0 Å². The summed E-state index contributed by atoms with van der Waals surface area (Å²) in [5.41, 5.74) is -0.101. The third-order valence-corrected chi connectivity index (χ3v) is 4.59. The van der Waals surface area contributed by atoms with Gasteiger partial charge in [0.2, 0.25) is 0 Å². The van der Waals surface area contributed by atoms with Crippen LogP contribution < -0.4 is 15.0 Å². The van der Waals surface area contributed by atoms with Gasteiger partial charge < -0.3 is 14.5 Å². The fourth-order valence-corrected chi connectivity index (χ4v) is 3.25. The van der Waals surface area contributed by atoms with E-state index in [-0.39, 0.29) is 21.8 Å². The average molecular weight is 435 g/mol. The molecular weight excluding hydrogens is 418 g/mol. The summed E-state index contributed by atoms with van der Waals surface area (Å²) in [5.74, 6) is -0.727. The van der Waals surface area contributed by atoms with Crippen LogP contribution in [0.2, 0.25) is 0 Å². The third-order valence-electron chi connectivity index (χ3n) is 3.54. The van der Waals surface area contributed by atoms with Crippen molar-refractivity contribution in [2.45, 2.75) is 0 Å². The zero-order valence-corrected chi connectivity index (χ0v) is 17.1. The van der Waals surface area contributed by atoms with Crippen molar-refractivity contribution in [1.82, 2.24) is 9.97 Å². The van der Waals surface area contributed by atoms with Crippen LogP contribution in [0.3, 0.4) is 0 Å². The average Bonchev–Trinajstić information content (AvgIpc) is 2.63. The van der Waals surface area contributed by atoms with E-state index in [1.807, 2.05) is 0 Å². The number of ketones is 1. The van der Waals surface area contributed by atoms with Gasteiger partial charge in [0.15, 0.2) is 31.9 Å². The minimum Gasteiger partial charge on any atom is -0.493 e. The number of carbonyl (C=O) groups is 1. The molecule has 0 atom stereocenters. The highest BCUT2D eigenvalue weighted by atomic mass is 32.2. The molecule has 1 aromatic heterocycles. The third kappa shape index (κ3) is 6.13. The highest BCUT2D eigenvalue weighted by Crippen LogP contribution is 2.32. The Morgan fingerprint density at radius 3 is 2.66 bits per heavy atom. The summed E-state index contributed by atoms with van der Waals surface area (Å²) in [4.78, 5) is 28.7. The number of aromatic nitrogens is 2. The predicted molar refractivity (Wildman–Crippen MR) is 109 cm³/mol. The van der Waals surface area contributed by atoms with Gasteiger partial charge >= 0.3 is 0 Å². The Labute approximate surface area is 171 Å².